The Balaban J connectivity index is 0.000000861. The Morgan fingerprint density at radius 3 is 2.42 bits per heavy atom. The van der Waals surface area contributed by atoms with E-state index >= 15 is 0 Å². The highest BCUT2D eigenvalue weighted by Crippen LogP contribution is 2.35. The molecule has 1 heterocycles. The number of benzene rings is 1. The number of anilines is 1. The van der Waals surface area contributed by atoms with Gasteiger partial charge in [-0.1, -0.05) is 32.0 Å². The van der Waals surface area contributed by atoms with Gasteiger partial charge in [0.05, 0.1) is 11.9 Å². The van der Waals surface area contributed by atoms with Crippen molar-refractivity contribution in [2.75, 3.05) is 17.2 Å². The Morgan fingerprint density at radius 1 is 1.32 bits per heavy atom. The lowest BCUT2D eigenvalue weighted by atomic mass is 9.89. The van der Waals surface area contributed by atoms with Gasteiger partial charge in [-0.15, -0.1) is 0 Å². The van der Waals surface area contributed by atoms with Gasteiger partial charge >= 0.3 is 0 Å². The van der Waals surface area contributed by atoms with Gasteiger partial charge < -0.3 is 5.11 Å². The molecule has 0 spiro atoms. The highest BCUT2D eigenvalue weighted by atomic mass is 32.2. The summed E-state index contributed by atoms with van der Waals surface area (Å²) in [5.41, 5.74) is 1.72. The SMILES string of the molecule is CC.C[C@@H]1C(CO)Cc2ccccc2N1S(C)(=O)=O. The molecule has 4 nitrogen and oxygen atoms in total. The van der Waals surface area contributed by atoms with Crippen LogP contribution < -0.4 is 4.31 Å². The van der Waals surface area contributed by atoms with Crippen molar-refractivity contribution < 1.29 is 13.5 Å². The molecule has 19 heavy (non-hydrogen) atoms. The van der Waals surface area contributed by atoms with Crippen LogP contribution in [0.4, 0.5) is 5.69 Å². The maximum absolute atomic E-state index is 11.9. The van der Waals surface area contributed by atoms with Crippen LogP contribution in [0.25, 0.3) is 0 Å². The molecule has 0 saturated carbocycles. The highest BCUT2D eigenvalue weighted by Gasteiger charge is 2.35. The average molecular weight is 285 g/mol. The molecule has 0 saturated heterocycles. The number of rotatable bonds is 2. The minimum Gasteiger partial charge on any atom is -0.396 e. The fourth-order valence-corrected chi connectivity index (χ4v) is 3.77. The molecule has 1 aliphatic heterocycles. The van der Waals surface area contributed by atoms with Crippen LogP contribution in [0.5, 0.6) is 0 Å². The first kappa shape index (κ1) is 16.0. The Bertz CT molecular complexity index is 513. The second-order valence-corrected chi connectivity index (χ2v) is 6.43. The summed E-state index contributed by atoms with van der Waals surface area (Å²) in [6.45, 7) is 5.85. The van der Waals surface area contributed by atoms with E-state index in [1.165, 1.54) is 10.6 Å². The van der Waals surface area contributed by atoms with Crippen LogP contribution in [0.2, 0.25) is 0 Å². The standard InChI is InChI=1S/C12H17NO3S.C2H6/c1-9-11(8-14)7-10-5-3-4-6-12(10)13(9)17(2,15)16;1-2/h3-6,9,11,14H,7-8H2,1-2H3;1-2H3/t9-,11?;/m1./s1. The first-order valence-corrected chi connectivity index (χ1v) is 8.48. The summed E-state index contributed by atoms with van der Waals surface area (Å²) in [6.07, 6.45) is 1.93. The minimum absolute atomic E-state index is 0.00151. The van der Waals surface area contributed by atoms with Crippen LogP contribution >= 0.6 is 0 Å². The normalized spacial score (nSPS) is 22.3. The van der Waals surface area contributed by atoms with Gasteiger partial charge in [0.25, 0.3) is 0 Å². The van der Waals surface area contributed by atoms with Gasteiger partial charge in [0.2, 0.25) is 10.0 Å². The molecule has 1 aromatic rings. The van der Waals surface area contributed by atoms with Crippen molar-refractivity contribution >= 4 is 15.7 Å². The van der Waals surface area contributed by atoms with Crippen molar-refractivity contribution in [3.63, 3.8) is 0 Å². The topological polar surface area (TPSA) is 57.6 Å². The van der Waals surface area contributed by atoms with Crippen LogP contribution in [-0.2, 0) is 16.4 Å². The van der Waals surface area contributed by atoms with E-state index in [2.05, 4.69) is 0 Å². The van der Waals surface area contributed by atoms with E-state index in [0.717, 1.165) is 17.7 Å². The number of fused-ring (bicyclic) bond motifs is 1. The predicted molar refractivity (Wildman–Crippen MR) is 78.9 cm³/mol. The lowest BCUT2D eigenvalue weighted by Gasteiger charge is -2.39. The van der Waals surface area contributed by atoms with Crippen LogP contribution in [0.3, 0.4) is 0 Å². The van der Waals surface area contributed by atoms with E-state index in [1.54, 1.807) is 0 Å². The van der Waals surface area contributed by atoms with E-state index in [4.69, 9.17) is 0 Å². The average Bonchev–Trinajstić information content (AvgIpc) is 2.38. The van der Waals surface area contributed by atoms with Crippen LogP contribution in [0.1, 0.15) is 26.3 Å². The molecule has 1 N–H and O–H groups in total. The van der Waals surface area contributed by atoms with Crippen molar-refractivity contribution in [3.8, 4) is 0 Å². The Hall–Kier alpha value is -1.07. The van der Waals surface area contributed by atoms with Crippen molar-refractivity contribution in [1.82, 2.24) is 0 Å². The van der Waals surface area contributed by atoms with E-state index in [-0.39, 0.29) is 18.6 Å². The van der Waals surface area contributed by atoms with E-state index in [1.807, 2.05) is 45.0 Å². The van der Waals surface area contributed by atoms with Gasteiger partial charge in [0, 0.05) is 18.6 Å². The Labute approximate surface area is 116 Å². The number of aliphatic hydroxyl groups excluding tert-OH is 1. The predicted octanol–water partition coefficient (Wildman–Crippen LogP) is 2.03. The van der Waals surface area contributed by atoms with Crippen LogP contribution in [-0.4, -0.2) is 32.4 Å². The summed E-state index contributed by atoms with van der Waals surface area (Å²) < 4.78 is 25.2. The number of nitrogens with zero attached hydrogens (tertiary/aromatic N) is 1. The van der Waals surface area contributed by atoms with E-state index < -0.39 is 10.0 Å². The molecule has 1 aliphatic rings. The van der Waals surface area contributed by atoms with E-state index in [0.29, 0.717) is 0 Å². The van der Waals surface area contributed by atoms with Gasteiger partial charge in [0.1, 0.15) is 0 Å². The quantitative estimate of drug-likeness (QED) is 0.904. The zero-order valence-electron chi connectivity index (χ0n) is 12.0. The molecule has 0 aromatic heterocycles. The zero-order valence-corrected chi connectivity index (χ0v) is 12.8. The number of sulfonamides is 1. The summed E-state index contributed by atoms with van der Waals surface area (Å²) in [4.78, 5) is 0. The van der Waals surface area contributed by atoms with Gasteiger partial charge in [-0.3, -0.25) is 4.31 Å². The molecule has 0 fully saturated rings. The summed E-state index contributed by atoms with van der Waals surface area (Å²) in [6, 6.07) is 7.26. The molecule has 5 heteroatoms. The zero-order chi connectivity index (χ0) is 14.6. The van der Waals surface area contributed by atoms with Gasteiger partial charge in [-0.05, 0) is 25.0 Å². The first-order valence-electron chi connectivity index (χ1n) is 6.63. The number of hydrogen-bond donors (Lipinski definition) is 1. The van der Waals surface area contributed by atoms with Crippen LogP contribution in [0.15, 0.2) is 24.3 Å². The Kier molecular flexibility index (Phi) is 5.38. The largest absolute Gasteiger partial charge is 0.396 e. The lowest BCUT2D eigenvalue weighted by molar-refractivity contribution is 0.205. The summed E-state index contributed by atoms with van der Waals surface area (Å²) in [5.74, 6) is -0.0420. The van der Waals surface area contributed by atoms with Crippen LogP contribution in [0, 0.1) is 5.92 Å². The Morgan fingerprint density at radius 2 is 1.89 bits per heavy atom. The first-order chi connectivity index (χ1) is 8.95. The summed E-state index contributed by atoms with van der Waals surface area (Å²) in [7, 11) is -3.31. The molecule has 108 valence electrons. The number of aliphatic hydroxyl groups is 1. The number of para-hydroxylation sites is 1. The van der Waals surface area contributed by atoms with Gasteiger partial charge in [0.15, 0.2) is 0 Å². The monoisotopic (exact) mass is 285 g/mol. The van der Waals surface area contributed by atoms with Crippen molar-refractivity contribution in [2.45, 2.75) is 33.2 Å². The second-order valence-electron chi connectivity index (χ2n) is 4.57. The maximum atomic E-state index is 11.9. The maximum Gasteiger partial charge on any atom is 0.232 e. The molecular formula is C14H23NO3S. The van der Waals surface area contributed by atoms with Gasteiger partial charge in [-0.25, -0.2) is 8.42 Å². The van der Waals surface area contributed by atoms with Crippen molar-refractivity contribution in [3.05, 3.63) is 29.8 Å². The second kappa shape index (κ2) is 6.39. The molecule has 0 bridgehead atoms. The smallest absolute Gasteiger partial charge is 0.232 e. The molecule has 1 aromatic carbocycles. The molecule has 0 radical (unpaired) electrons. The van der Waals surface area contributed by atoms with Crippen molar-refractivity contribution in [2.24, 2.45) is 5.92 Å². The van der Waals surface area contributed by atoms with E-state index in [9.17, 15) is 13.5 Å². The van der Waals surface area contributed by atoms with Gasteiger partial charge in [-0.2, -0.15) is 0 Å². The fraction of sp³-hybridized carbons (Fsp3) is 0.571. The third-order valence-corrected chi connectivity index (χ3v) is 4.60. The molecular weight excluding hydrogens is 262 g/mol. The lowest BCUT2D eigenvalue weighted by Crippen LogP contribution is -2.47. The number of hydrogen-bond acceptors (Lipinski definition) is 3. The highest BCUT2D eigenvalue weighted by molar-refractivity contribution is 7.92. The fourth-order valence-electron chi connectivity index (χ4n) is 2.46. The molecule has 0 aliphatic carbocycles. The third-order valence-electron chi connectivity index (χ3n) is 3.36. The third kappa shape index (κ3) is 3.28. The molecule has 0 amide bonds. The molecule has 1 unspecified atom stereocenters. The summed E-state index contributed by atoms with van der Waals surface area (Å²) in [5, 5.41) is 9.35. The molecule has 2 atom stereocenters. The minimum atomic E-state index is -3.31. The summed E-state index contributed by atoms with van der Waals surface area (Å²) >= 11 is 0. The van der Waals surface area contributed by atoms with Crippen molar-refractivity contribution in [1.29, 1.82) is 0 Å². The molecule has 2 rings (SSSR count).